The van der Waals surface area contributed by atoms with E-state index in [0.717, 1.165) is 45.1 Å². The molecule has 0 aromatic heterocycles. The molecular formula is C16H28N2O2. The summed E-state index contributed by atoms with van der Waals surface area (Å²) in [4.78, 5) is 26.3. The second kappa shape index (κ2) is 7.21. The van der Waals surface area contributed by atoms with Crippen LogP contribution in [0.2, 0.25) is 0 Å². The van der Waals surface area contributed by atoms with E-state index >= 15 is 0 Å². The van der Waals surface area contributed by atoms with E-state index in [2.05, 4.69) is 17.1 Å². The molecule has 0 bridgehead atoms. The SMILES string of the molecule is CCC(C)NC(=O)CN1CCCCC1C1CCCC1=O. The summed E-state index contributed by atoms with van der Waals surface area (Å²) in [5.74, 6) is 0.715. The zero-order valence-corrected chi connectivity index (χ0v) is 12.9. The Labute approximate surface area is 122 Å². The van der Waals surface area contributed by atoms with Gasteiger partial charge in [0.05, 0.1) is 6.54 Å². The summed E-state index contributed by atoms with van der Waals surface area (Å²) >= 11 is 0. The van der Waals surface area contributed by atoms with E-state index in [-0.39, 0.29) is 17.9 Å². The summed E-state index contributed by atoms with van der Waals surface area (Å²) in [6.07, 6.45) is 7.17. The van der Waals surface area contributed by atoms with Crippen LogP contribution in [0.25, 0.3) is 0 Å². The molecule has 1 aliphatic heterocycles. The predicted molar refractivity (Wildman–Crippen MR) is 79.5 cm³/mol. The summed E-state index contributed by atoms with van der Waals surface area (Å²) in [5, 5.41) is 3.03. The first-order valence-electron chi connectivity index (χ1n) is 8.18. The van der Waals surface area contributed by atoms with E-state index in [0.29, 0.717) is 18.4 Å². The Kier molecular flexibility index (Phi) is 5.58. The zero-order valence-electron chi connectivity index (χ0n) is 12.9. The summed E-state index contributed by atoms with van der Waals surface area (Å²) in [6, 6.07) is 0.542. The molecule has 20 heavy (non-hydrogen) atoms. The van der Waals surface area contributed by atoms with Crippen molar-refractivity contribution in [3.63, 3.8) is 0 Å². The molecule has 1 saturated heterocycles. The Morgan fingerprint density at radius 1 is 1.35 bits per heavy atom. The molecule has 2 aliphatic rings. The van der Waals surface area contributed by atoms with Gasteiger partial charge in [-0.3, -0.25) is 14.5 Å². The molecule has 114 valence electrons. The summed E-state index contributed by atoms with van der Waals surface area (Å²) in [7, 11) is 0. The molecule has 0 aromatic rings. The molecule has 0 spiro atoms. The molecule has 0 aromatic carbocycles. The number of piperidine rings is 1. The summed E-state index contributed by atoms with van der Waals surface area (Å²) in [5.41, 5.74) is 0. The molecule has 1 heterocycles. The molecule has 1 amide bonds. The van der Waals surface area contributed by atoms with Crippen molar-refractivity contribution in [1.82, 2.24) is 10.2 Å². The van der Waals surface area contributed by atoms with E-state index in [1.807, 2.05) is 6.92 Å². The minimum atomic E-state index is 0.108. The van der Waals surface area contributed by atoms with Crippen LogP contribution in [0.3, 0.4) is 0 Å². The Hall–Kier alpha value is -0.900. The Bertz CT molecular complexity index is 356. The molecule has 1 N–H and O–H groups in total. The van der Waals surface area contributed by atoms with Gasteiger partial charge in [0.25, 0.3) is 0 Å². The number of rotatable bonds is 5. The third-order valence-electron chi connectivity index (χ3n) is 4.85. The van der Waals surface area contributed by atoms with Crippen LogP contribution in [0.5, 0.6) is 0 Å². The van der Waals surface area contributed by atoms with Crippen molar-refractivity contribution in [1.29, 1.82) is 0 Å². The molecule has 3 unspecified atom stereocenters. The maximum atomic E-state index is 12.1. The number of carbonyl (C=O) groups is 2. The molecule has 1 saturated carbocycles. The zero-order chi connectivity index (χ0) is 14.5. The molecule has 2 fully saturated rings. The molecule has 3 atom stereocenters. The van der Waals surface area contributed by atoms with Crippen LogP contribution >= 0.6 is 0 Å². The van der Waals surface area contributed by atoms with Crippen LogP contribution in [0.15, 0.2) is 0 Å². The van der Waals surface area contributed by atoms with Gasteiger partial charge in [0.15, 0.2) is 0 Å². The van der Waals surface area contributed by atoms with Gasteiger partial charge in [0.1, 0.15) is 5.78 Å². The second-order valence-corrected chi connectivity index (χ2v) is 6.38. The van der Waals surface area contributed by atoms with Gasteiger partial charge in [-0.1, -0.05) is 13.3 Å². The average Bonchev–Trinajstić information content (AvgIpc) is 2.85. The highest BCUT2D eigenvalue weighted by Crippen LogP contribution is 2.32. The van der Waals surface area contributed by atoms with Crippen molar-refractivity contribution in [2.45, 2.75) is 70.9 Å². The lowest BCUT2D eigenvalue weighted by Crippen LogP contribution is -2.50. The topological polar surface area (TPSA) is 49.4 Å². The molecule has 4 heteroatoms. The highest BCUT2D eigenvalue weighted by atomic mass is 16.2. The molecule has 1 aliphatic carbocycles. The minimum absolute atomic E-state index is 0.108. The molecule has 0 radical (unpaired) electrons. The number of Topliss-reactive ketones (excluding diaryl/α,β-unsaturated/α-hetero) is 1. The van der Waals surface area contributed by atoms with Gasteiger partial charge in [-0.15, -0.1) is 0 Å². The third kappa shape index (κ3) is 3.81. The number of hydrogen-bond acceptors (Lipinski definition) is 3. The Morgan fingerprint density at radius 2 is 2.15 bits per heavy atom. The first-order valence-corrected chi connectivity index (χ1v) is 8.18. The number of amides is 1. The first-order chi connectivity index (χ1) is 9.61. The first kappa shape index (κ1) is 15.5. The largest absolute Gasteiger partial charge is 0.353 e. The number of nitrogens with zero attached hydrogens (tertiary/aromatic N) is 1. The van der Waals surface area contributed by atoms with Crippen molar-refractivity contribution in [2.75, 3.05) is 13.1 Å². The van der Waals surface area contributed by atoms with E-state index in [9.17, 15) is 9.59 Å². The van der Waals surface area contributed by atoms with Crippen LogP contribution < -0.4 is 5.32 Å². The Balaban J connectivity index is 1.93. The highest BCUT2D eigenvalue weighted by Gasteiger charge is 2.37. The quantitative estimate of drug-likeness (QED) is 0.839. The average molecular weight is 280 g/mol. The highest BCUT2D eigenvalue weighted by molar-refractivity contribution is 5.84. The molecule has 2 rings (SSSR count). The number of hydrogen-bond donors (Lipinski definition) is 1. The lowest BCUT2D eigenvalue weighted by Gasteiger charge is -2.38. The summed E-state index contributed by atoms with van der Waals surface area (Å²) in [6.45, 7) is 5.53. The van der Waals surface area contributed by atoms with Gasteiger partial charge in [-0.05, 0) is 45.6 Å². The van der Waals surface area contributed by atoms with Gasteiger partial charge in [-0.25, -0.2) is 0 Å². The van der Waals surface area contributed by atoms with E-state index in [1.165, 1.54) is 6.42 Å². The predicted octanol–water partition coefficient (Wildman–Crippen LogP) is 2.12. The van der Waals surface area contributed by atoms with Gasteiger partial charge in [0, 0.05) is 24.4 Å². The maximum Gasteiger partial charge on any atom is 0.234 e. The smallest absolute Gasteiger partial charge is 0.234 e. The number of likely N-dealkylation sites (tertiary alicyclic amines) is 1. The van der Waals surface area contributed by atoms with Crippen LogP contribution in [0, 0.1) is 5.92 Å². The van der Waals surface area contributed by atoms with Crippen LogP contribution in [-0.2, 0) is 9.59 Å². The van der Waals surface area contributed by atoms with Gasteiger partial charge >= 0.3 is 0 Å². The van der Waals surface area contributed by atoms with E-state index in [4.69, 9.17) is 0 Å². The fraction of sp³-hybridized carbons (Fsp3) is 0.875. The van der Waals surface area contributed by atoms with E-state index < -0.39 is 0 Å². The molecule has 4 nitrogen and oxygen atoms in total. The number of carbonyl (C=O) groups excluding carboxylic acids is 2. The molecular weight excluding hydrogens is 252 g/mol. The van der Waals surface area contributed by atoms with Gasteiger partial charge < -0.3 is 5.32 Å². The maximum absolute atomic E-state index is 12.1. The third-order valence-corrected chi connectivity index (χ3v) is 4.85. The van der Waals surface area contributed by atoms with Crippen molar-refractivity contribution in [3.8, 4) is 0 Å². The van der Waals surface area contributed by atoms with Gasteiger partial charge in [0.2, 0.25) is 5.91 Å². The normalized spacial score (nSPS) is 29.4. The van der Waals surface area contributed by atoms with E-state index in [1.54, 1.807) is 0 Å². The lowest BCUT2D eigenvalue weighted by molar-refractivity contribution is -0.127. The lowest BCUT2D eigenvalue weighted by atomic mass is 9.88. The van der Waals surface area contributed by atoms with Crippen molar-refractivity contribution in [2.24, 2.45) is 5.92 Å². The standard InChI is InChI=1S/C16H28N2O2/c1-3-12(2)17-16(20)11-18-10-5-4-8-14(18)13-7-6-9-15(13)19/h12-14H,3-11H2,1-2H3,(H,17,20). The number of nitrogens with one attached hydrogen (secondary N) is 1. The van der Waals surface area contributed by atoms with Crippen LogP contribution in [0.4, 0.5) is 0 Å². The summed E-state index contributed by atoms with van der Waals surface area (Å²) < 4.78 is 0. The van der Waals surface area contributed by atoms with Crippen molar-refractivity contribution < 1.29 is 9.59 Å². The van der Waals surface area contributed by atoms with Crippen LogP contribution in [-0.4, -0.2) is 41.8 Å². The number of ketones is 1. The van der Waals surface area contributed by atoms with Crippen molar-refractivity contribution in [3.05, 3.63) is 0 Å². The minimum Gasteiger partial charge on any atom is -0.353 e. The monoisotopic (exact) mass is 280 g/mol. The second-order valence-electron chi connectivity index (χ2n) is 6.38. The fourth-order valence-electron chi connectivity index (χ4n) is 3.53. The Morgan fingerprint density at radius 3 is 2.80 bits per heavy atom. The van der Waals surface area contributed by atoms with Crippen LogP contribution in [0.1, 0.15) is 58.8 Å². The van der Waals surface area contributed by atoms with Crippen molar-refractivity contribution >= 4 is 11.7 Å². The fourth-order valence-corrected chi connectivity index (χ4v) is 3.53. The van der Waals surface area contributed by atoms with Gasteiger partial charge in [-0.2, -0.15) is 0 Å².